The van der Waals surface area contributed by atoms with E-state index in [2.05, 4.69) is 10.3 Å². The summed E-state index contributed by atoms with van der Waals surface area (Å²) in [5, 5.41) is 3.98. The molecule has 1 heterocycles. The maximum atomic E-state index is 12.7. The average Bonchev–Trinajstić information content (AvgIpc) is 3.02. The van der Waals surface area contributed by atoms with Gasteiger partial charge in [-0.25, -0.2) is 8.42 Å². The second kappa shape index (κ2) is 7.70. The molecular weight excluding hydrogens is 348 g/mol. The summed E-state index contributed by atoms with van der Waals surface area (Å²) in [4.78, 5) is 3.26. The van der Waals surface area contributed by atoms with Crippen molar-refractivity contribution in [3.63, 3.8) is 0 Å². The largest absolute Gasteiger partial charge is 0.490 e. The number of nitrogens with one attached hydrogen (secondary N) is 2. The van der Waals surface area contributed by atoms with Gasteiger partial charge in [0.15, 0.2) is 0 Å². The summed E-state index contributed by atoms with van der Waals surface area (Å²) in [6.45, 7) is 1.22. The van der Waals surface area contributed by atoms with Crippen molar-refractivity contribution in [2.75, 3.05) is 20.2 Å². The van der Waals surface area contributed by atoms with Crippen molar-refractivity contribution < 1.29 is 13.2 Å². The lowest BCUT2D eigenvalue weighted by Gasteiger charge is -2.06. The van der Waals surface area contributed by atoms with E-state index < -0.39 is 9.84 Å². The molecule has 24 heavy (non-hydrogen) atoms. The molecule has 0 saturated heterocycles. The van der Waals surface area contributed by atoms with E-state index in [4.69, 9.17) is 4.74 Å². The molecule has 0 unspecified atom stereocenters. The molecule has 3 rings (SSSR count). The first kappa shape index (κ1) is 18.3. The molecule has 0 fully saturated rings. The molecule has 0 aliphatic heterocycles. The number of H-pyrrole nitrogens is 1. The van der Waals surface area contributed by atoms with Crippen molar-refractivity contribution in [1.82, 2.24) is 10.3 Å². The molecule has 2 aromatic carbocycles. The summed E-state index contributed by atoms with van der Waals surface area (Å²) in [5.41, 5.74) is 0.693. The number of sulfone groups is 1. The molecule has 5 nitrogen and oxygen atoms in total. The standard InChI is InChI=1S/C17H18N2O3S.ClH/c1-18-10-11-22-15-9-5-6-13-12-16(19-17(13)15)23(20,21)14-7-3-2-4-8-14;/h2-9,12,18-19H,10-11H2,1H3;1H. The molecule has 128 valence electrons. The summed E-state index contributed by atoms with van der Waals surface area (Å²) in [5.74, 6) is 0.646. The maximum Gasteiger partial charge on any atom is 0.221 e. The van der Waals surface area contributed by atoms with Crippen LogP contribution in [0.5, 0.6) is 5.75 Å². The van der Waals surface area contributed by atoms with Crippen molar-refractivity contribution in [1.29, 1.82) is 0 Å². The fourth-order valence-corrected chi connectivity index (χ4v) is 3.65. The van der Waals surface area contributed by atoms with Crippen molar-refractivity contribution >= 4 is 33.1 Å². The highest BCUT2D eigenvalue weighted by Crippen LogP contribution is 2.29. The first-order valence-corrected chi connectivity index (χ1v) is 8.80. The van der Waals surface area contributed by atoms with E-state index in [1.165, 1.54) is 0 Å². The third-order valence-corrected chi connectivity index (χ3v) is 5.24. The monoisotopic (exact) mass is 366 g/mol. The number of aromatic nitrogens is 1. The van der Waals surface area contributed by atoms with Gasteiger partial charge >= 0.3 is 0 Å². The lowest BCUT2D eigenvalue weighted by atomic mass is 10.2. The predicted octanol–water partition coefficient (Wildman–Crippen LogP) is 3.02. The van der Waals surface area contributed by atoms with Gasteiger partial charge in [-0.05, 0) is 31.3 Å². The maximum absolute atomic E-state index is 12.7. The topological polar surface area (TPSA) is 71.2 Å². The van der Waals surface area contributed by atoms with Crippen LogP contribution in [0, 0.1) is 0 Å². The Hall–Kier alpha value is -2.02. The average molecular weight is 367 g/mol. The molecule has 0 amide bonds. The van der Waals surface area contributed by atoms with Gasteiger partial charge in [0, 0.05) is 11.9 Å². The fourth-order valence-electron chi connectivity index (χ4n) is 2.36. The number of fused-ring (bicyclic) bond motifs is 1. The molecule has 0 aliphatic rings. The van der Waals surface area contributed by atoms with E-state index in [1.807, 2.05) is 25.2 Å². The van der Waals surface area contributed by atoms with Crippen LogP contribution in [0.3, 0.4) is 0 Å². The molecule has 3 aromatic rings. The summed E-state index contributed by atoms with van der Waals surface area (Å²) in [7, 11) is -1.72. The number of halogens is 1. The molecular formula is C17H19ClN2O3S. The Kier molecular flexibility index (Phi) is 5.88. The van der Waals surface area contributed by atoms with E-state index in [0.717, 1.165) is 5.39 Å². The van der Waals surface area contributed by atoms with Crippen LogP contribution in [0.2, 0.25) is 0 Å². The number of rotatable bonds is 6. The number of benzene rings is 2. The summed E-state index contributed by atoms with van der Waals surface area (Å²) >= 11 is 0. The molecule has 0 atom stereocenters. The number of ether oxygens (including phenoxy) is 1. The van der Waals surface area contributed by atoms with Crippen LogP contribution < -0.4 is 10.1 Å². The van der Waals surface area contributed by atoms with Gasteiger partial charge in [0.05, 0.1) is 10.4 Å². The smallest absolute Gasteiger partial charge is 0.221 e. The van der Waals surface area contributed by atoms with Gasteiger partial charge in [-0.2, -0.15) is 0 Å². The molecule has 7 heteroatoms. The normalized spacial score (nSPS) is 11.2. The van der Waals surface area contributed by atoms with Gasteiger partial charge in [0.25, 0.3) is 0 Å². The Bertz CT molecular complexity index is 908. The van der Waals surface area contributed by atoms with Crippen molar-refractivity contribution in [3.8, 4) is 5.75 Å². The van der Waals surface area contributed by atoms with Gasteiger partial charge in [0.2, 0.25) is 9.84 Å². The van der Waals surface area contributed by atoms with E-state index in [1.54, 1.807) is 36.4 Å². The molecule has 0 bridgehead atoms. The molecule has 1 aromatic heterocycles. The molecule has 2 N–H and O–H groups in total. The summed E-state index contributed by atoms with van der Waals surface area (Å²) in [6.07, 6.45) is 0. The Balaban J connectivity index is 0.00000208. The lowest BCUT2D eigenvalue weighted by Crippen LogP contribution is -2.16. The Morgan fingerprint density at radius 3 is 2.54 bits per heavy atom. The summed E-state index contributed by atoms with van der Waals surface area (Å²) in [6, 6.07) is 15.6. The second-order valence-electron chi connectivity index (χ2n) is 5.12. The van der Waals surface area contributed by atoms with Crippen LogP contribution in [0.25, 0.3) is 10.9 Å². The zero-order valence-corrected chi connectivity index (χ0v) is 14.8. The number of hydrogen-bond acceptors (Lipinski definition) is 4. The van der Waals surface area contributed by atoms with Crippen LogP contribution in [0.4, 0.5) is 0 Å². The minimum Gasteiger partial charge on any atom is -0.490 e. The lowest BCUT2D eigenvalue weighted by molar-refractivity contribution is 0.321. The SMILES string of the molecule is CNCCOc1cccc2cc(S(=O)(=O)c3ccccc3)[nH]c12.Cl. The highest BCUT2D eigenvalue weighted by atomic mass is 35.5. The van der Waals surface area contributed by atoms with Gasteiger partial charge in [-0.1, -0.05) is 30.3 Å². The van der Waals surface area contributed by atoms with Crippen LogP contribution in [-0.4, -0.2) is 33.6 Å². The van der Waals surface area contributed by atoms with Crippen LogP contribution >= 0.6 is 12.4 Å². The van der Waals surface area contributed by atoms with E-state index in [-0.39, 0.29) is 22.3 Å². The summed E-state index contributed by atoms with van der Waals surface area (Å²) < 4.78 is 31.1. The molecule has 0 saturated carbocycles. The van der Waals surface area contributed by atoms with Gasteiger partial charge in [0.1, 0.15) is 17.4 Å². The van der Waals surface area contributed by atoms with E-state index in [9.17, 15) is 8.42 Å². The minimum absolute atomic E-state index is 0. The van der Waals surface area contributed by atoms with Crippen molar-refractivity contribution in [3.05, 3.63) is 54.6 Å². The zero-order valence-electron chi connectivity index (χ0n) is 13.2. The quantitative estimate of drug-likeness (QED) is 0.658. The Morgan fingerprint density at radius 2 is 1.83 bits per heavy atom. The van der Waals surface area contributed by atoms with Crippen molar-refractivity contribution in [2.45, 2.75) is 9.92 Å². The van der Waals surface area contributed by atoms with Gasteiger partial charge in [-0.15, -0.1) is 12.4 Å². The molecule has 0 radical (unpaired) electrons. The van der Waals surface area contributed by atoms with Gasteiger partial charge < -0.3 is 15.0 Å². The number of likely N-dealkylation sites (N-methyl/N-ethyl adjacent to an activating group) is 1. The van der Waals surface area contributed by atoms with Gasteiger partial charge in [-0.3, -0.25) is 0 Å². The highest BCUT2D eigenvalue weighted by Gasteiger charge is 2.20. The van der Waals surface area contributed by atoms with Crippen molar-refractivity contribution in [2.24, 2.45) is 0 Å². The third-order valence-electron chi connectivity index (χ3n) is 3.55. The highest BCUT2D eigenvalue weighted by molar-refractivity contribution is 7.91. The van der Waals surface area contributed by atoms with Crippen LogP contribution in [0.1, 0.15) is 0 Å². The first-order chi connectivity index (χ1) is 11.1. The third kappa shape index (κ3) is 3.56. The first-order valence-electron chi connectivity index (χ1n) is 7.32. The van der Waals surface area contributed by atoms with E-state index in [0.29, 0.717) is 24.4 Å². The van der Waals surface area contributed by atoms with Crippen LogP contribution in [-0.2, 0) is 9.84 Å². The predicted molar refractivity (Wildman–Crippen MR) is 96.9 cm³/mol. The fraction of sp³-hybridized carbons (Fsp3) is 0.176. The minimum atomic E-state index is -3.57. The molecule has 0 spiro atoms. The molecule has 0 aliphatic carbocycles. The van der Waals surface area contributed by atoms with E-state index >= 15 is 0 Å². The Labute approximate surface area is 147 Å². The number of hydrogen-bond donors (Lipinski definition) is 2. The second-order valence-corrected chi connectivity index (χ2v) is 7.04. The van der Waals surface area contributed by atoms with Crippen LogP contribution in [0.15, 0.2) is 64.5 Å². The number of para-hydroxylation sites is 1. The zero-order chi connectivity index (χ0) is 16.3. The Morgan fingerprint density at radius 1 is 1.08 bits per heavy atom. The number of aromatic amines is 1.